The summed E-state index contributed by atoms with van der Waals surface area (Å²) in [6.07, 6.45) is 2.42. The van der Waals surface area contributed by atoms with Crippen LogP contribution in [0.15, 0.2) is 0 Å². The Morgan fingerprint density at radius 1 is 1.62 bits per heavy atom. The molecule has 1 rings (SSSR count). The highest BCUT2D eigenvalue weighted by Crippen LogP contribution is 2.17. The van der Waals surface area contributed by atoms with E-state index in [-0.39, 0.29) is 18.3 Å². The monoisotopic (exact) mass is 268 g/mol. The zero-order chi connectivity index (χ0) is 11.4. The first kappa shape index (κ1) is 15.5. The molecule has 2 unspecified atom stereocenters. The van der Waals surface area contributed by atoms with Crippen molar-refractivity contribution in [2.75, 3.05) is 25.1 Å². The number of halogens is 1. The fourth-order valence-corrected chi connectivity index (χ4v) is 2.15. The van der Waals surface area contributed by atoms with Crippen molar-refractivity contribution in [3.63, 3.8) is 0 Å². The molecule has 5 nitrogen and oxygen atoms in total. The van der Waals surface area contributed by atoms with Gasteiger partial charge in [-0.3, -0.25) is 9.59 Å². The smallest absolute Gasteiger partial charge is 0.308 e. The average Bonchev–Trinajstić information content (AvgIpc) is 2.65. The molecule has 1 aliphatic rings. The van der Waals surface area contributed by atoms with Crippen molar-refractivity contribution in [1.29, 1.82) is 0 Å². The van der Waals surface area contributed by atoms with Gasteiger partial charge in [0.15, 0.2) is 0 Å². The molecule has 0 aliphatic carbocycles. The van der Waals surface area contributed by atoms with Crippen molar-refractivity contribution in [3.05, 3.63) is 0 Å². The Labute approximate surface area is 105 Å². The van der Waals surface area contributed by atoms with E-state index in [0.717, 1.165) is 0 Å². The number of carbonyl (C=O) groups excluding carboxylic acids is 1. The molecular weight excluding hydrogens is 252 g/mol. The zero-order valence-electron chi connectivity index (χ0n) is 9.09. The highest BCUT2D eigenvalue weighted by molar-refractivity contribution is 7.98. The van der Waals surface area contributed by atoms with E-state index in [1.807, 2.05) is 6.26 Å². The van der Waals surface area contributed by atoms with Crippen LogP contribution in [0.25, 0.3) is 0 Å². The van der Waals surface area contributed by atoms with E-state index in [9.17, 15) is 9.59 Å². The Kier molecular flexibility index (Phi) is 6.78. The second kappa shape index (κ2) is 6.98. The van der Waals surface area contributed by atoms with Gasteiger partial charge in [-0.15, -0.1) is 12.4 Å². The van der Waals surface area contributed by atoms with Crippen molar-refractivity contribution in [3.8, 4) is 0 Å². The zero-order valence-corrected chi connectivity index (χ0v) is 10.7. The third kappa shape index (κ3) is 3.84. The van der Waals surface area contributed by atoms with Crippen molar-refractivity contribution >= 4 is 36.0 Å². The Bertz CT molecular complexity index is 265. The molecule has 0 saturated carbocycles. The SMILES string of the molecule is CSCC(N)C(=O)N1CCC(C(=O)O)C1.Cl. The molecular formula is C9H17ClN2O3S. The first-order valence-corrected chi connectivity index (χ1v) is 6.21. The van der Waals surface area contributed by atoms with E-state index in [1.165, 1.54) is 11.8 Å². The first-order valence-electron chi connectivity index (χ1n) is 4.82. The van der Waals surface area contributed by atoms with Crippen LogP contribution < -0.4 is 5.73 Å². The summed E-state index contributed by atoms with van der Waals surface area (Å²) in [5.74, 6) is -0.806. The molecule has 1 saturated heterocycles. The van der Waals surface area contributed by atoms with E-state index in [2.05, 4.69) is 0 Å². The number of aliphatic carboxylic acids is 1. The Morgan fingerprint density at radius 3 is 2.69 bits per heavy atom. The maximum Gasteiger partial charge on any atom is 0.308 e. The molecule has 1 amide bonds. The number of rotatable bonds is 4. The molecule has 0 bridgehead atoms. The van der Waals surface area contributed by atoms with Gasteiger partial charge in [-0.2, -0.15) is 11.8 Å². The number of hydrogen-bond acceptors (Lipinski definition) is 4. The van der Waals surface area contributed by atoms with Gasteiger partial charge in [-0.1, -0.05) is 0 Å². The second-order valence-electron chi connectivity index (χ2n) is 3.67. The van der Waals surface area contributed by atoms with E-state index in [1.54, 1.807) is 4.90 Å². The van der Waals surface area contributed by atoms with Gasteiger partial charge in [0, 0.05) is 18.8 Å². The van der Waals surface area contributed by atoms with Gasteiger partial charge in [-0.05, 0) is 12.7 Å². The summed E-state index contributed by atoms with van der Waals surface area (Å²) >= 11 is 1.52. The van der Waals surface area contributed by atoms with Crippen molar-refractivity contribution in [2.24, 2.45) is 11.7 Å². The lowest BCUT2D eigenvalue weighted by atomic mass is 10.1. The maximum atomic E-state index is 11.7. The number of likely N-dealkylation sites (tertiary alicyclic amines) is 1. The normalized spacial score (nSPS) is 21.4. The molecule has 2 atom stereocenters. The Balaban J connectivity index is 0.00000225. The summed E-state index contributed by atoms with van der Waals surface area (Å²) in [4.78, 5) is 23.9. The van der Waals surface area contributed by atoms with Crippen molar-refractivity contribution in [2.45, 2.75) is 12.5 Å². The second-order valence-corrected chi connectivity index (χ2v) is 4.58. The van der Waals surface area contributed by atoms with Gasteiger partial charge in [0.05, 0.1) is 12.0 Å². The molecule has 0 radical (unpaired) electrons. The predicted molar refractivity (Wildman–Crippen MR) is 65.9 cm³/mol. The summed E-state index contributed by atoms with van der Waals surface area (Å²) < 4.78 is 0. The Morgan fingerprint density at radius 2 is 2.25 bits per heavy atom. The fourth-order valence-electron chi connectivity index (χ4n) is 1.65. The van der Waals surface area contributed by atoms with Crippen LogP contribution in [0.3, 0.4) is 0 Å². The molecule has 0 aromatic heterocycles. The highest BCUT2D eigenvalue weighted by Gasteiger charge is 2.32. The number of hydrogen-bond donors (Lipinski definition) is 2. The molecule has 0 aromatic carbocycles. The molecule has 94 valence electrons. The van der Waals surface area contributed by atoms with E-state index in [0.29, 0.717) is 25.3 Å². The molecule has 3 N–H and O–H groups in total. The molecule has 1 fully saturated rings. The van der Waals surface area contributed by atoms with Crippen LogP contribution in [0.4, 0.5) is 0 Å². The van der Waals surface area contributed by atoms with Crippen molar-refractivity contribution in [1.82, 2.24) is 4.90 Å². The van der Waals surface area contributed by atoms with Gasteiger partial charge < -0.3 is 15.7 Å². The number of carboxylic acid groups (broad SMARTS) is 1. The largest absolute Gasteiger partial charge is 0.481 e. The van der Waals surface area contributed by atoms with Gasteiger partial charge in [0.2, 0.25) is 5.91 Å². The third-order valence-electron chi connectivity index (χ3n) is 2.51. The minimum absolute atomic E-state index is 0. The van der Waals surface area contributed by atoms with Gasteiger partial charge in [0.1, 0.15) is 0 Å². The van der Waals surface area contributed by atoms with Crippen molar-refractivity contribution < 1.29 is 14.7 Å². The number of amides is 1. The summed E-state index contributed by atoms with van der Waals surface area (Å²) in [5.41, 5.74) is 5.67. The number of nitrogens with two attached hydrogens (primary N) is 1. The summed E-state index contributed by atoms with van der Waals surface area (Å²) in [5, 5.41) is 8.78. The first-order chi connectivity index (χ1) is 7.06. The quantitative estimate of drug-likeness (QED) is 0.752. The number of thioether (sulfide) groups is 1. The van der Waals surface area contributed by atoms with Gasteiger partial charge in [-0.25, -0.2) is 0 Å². The van der Waals surface area contributed by atoms with E-state index in [4.69, 9.17) is 10.8 Å². The van der Waals surface area contributed by atoms with Crippen LogP contribution in [-0.2, 0) is 9.59 Å². The standard InChI is InChI=1S/C9H16N2O3S.ClH/c1-15-5-7(10)8(12)11-3-2-6(4-11)9(13)14;/h6-7H,2-5,10H2,1H3,(H,13,14);1H. The van der Waals surface area contributed by atoms with Gasteiger partial charge >= 0.3 is 5.97 Å². The van der Waals surface area contributed by atoms with E-state index < -0.39 is 17.9 Å². The molecule has 0 aromatic rings. The molecule has 1 aliphatic heterocycles. The van der Waals surface area contributed by atoms with Crippen LogP contribution in [0.1, 0.15) is 6.42 Å². The third-order valence-corrected chi connectivity index (χ3v) is 3.21. The van der Waals surface area contributed by atoms with Crippen LogP contribution in [0.2, 0.25) is 0 Å². The molecule has 16 heavy (non-hydrogen) atoms. The maximum absolute atomic E-state index is 11.7. The van der Waals surface area contributed by atoms with Crippen LogP contribution in [0.5, 0.6) is 0 Å². The number of nitrogens with zero attached hydrogens (tertiary/aromatic N) is 1. The predicted octanol–water partition coefficient (Wildman–Crippen LogP) is 0.0316. The highest BCUT2D eigenvalue weighted by atomic mass is 35.5. The van der Waals surface area contributed by atoms with Crippen LogP contribution in [0, 0.1) is 5.92 Å². The summed E-state index contributed by atoms with van der Waals surface area (Å²) in [7, 11) is 0. The average molecular weight is 269 g/mol. The summed E-state index contributed by atoms with van der Waals surface area (Å²) in [6, 6.07) is -0.507. The number of carboxylic acids is 1. The summed E-state index contributed by atoms with van der Waals surface area (Å²) in [6.45, 7) is 0.814. The van der Waals surface area contributed by atoms with Gasteiger partial charge in [0.25, 0.3) is 0 Å². The van der Waals surface area contributed by atoms with Crippen LogP contribution in [-0.4, -0.2) is 53.0 Å². The minimum Gasteiger partial charge on any atom is -0.481 e. The Hall–Kier alpha value is -0.460. The van der Waals surface area contributed by atoms with E-state index >= 15 is 0 Å². The number of carbonyl (C=O) groups is 2. The minimum atomic E-state index is -0.830. The fraction of sp³-hybridized carbons (Fsp3) is 0.778. The topological polar surface area (TPSA) is 83.6 Å². The van der Waals surface area contributed by atoms with Crippen LogP contribution >= 0.6 is 24.2 Å². The lowest BCUT2D eigenvalue weighted by Gasteiger charge is -2.19. The molecule has 1 heterocycles. The lowest BCUT2D eigenvalue weighted by molar-refractivity contribution is -0.141. The lowest BCUT2D eigenvalue weighted by Crippen LogP contribution is -2.44. The molecule has 0 spiro atoms. The molecule has 7 heteroatoms.